The molecule has 0 atom stereocenters. The van der Waals surface area contributed by atoms with Crippen molar-refractivity contribution in [1.29, 1.82) is 0 Å². The minimum atomic E-state index is -3.15. The Kier molecular flexibility index (Phi) is 6.16. The molecule has 0 saturated carbocycles. The average molecular weight is 314 g/mol. The first-order valence-corrected chi connectivity index (χ1v) is 8.80. The number of nitrogens with zero attached hydrogens (tertiary/aromatic N) is 1. The van der Waals surface area contributed by atoms with Crippen LogP contribution in [0, 0.1) is 0 Å². The zero-order valence-corrected chi connectivity index (χ0v) is 14.3. The van der Waals surface area contributed by atoms with Crippen molar-refractivity contribution in [2.75, 3.05) is 12.4 Å². The number of rotatable bonds is 7. The van der Waals surface area contributed by atoms with E-state index in [4.69, 9.17) is 4.74 Å². The molecular weight excluding hydrogens is 288 g/mol. The molecule has 120 valence electrons. The van der Waals surface area contributed by atoms with Crippen molar-refractivity contribution in [3.63, 3.8) is 0 Å². The molecule has 0 aliphatic carbocycles. The van der Waals surface area contributed by atoms with E-state index in [1.807, 2.05) is 12.1 Å². The summed E-state index contributed by atoms with van der Waals surface area (Å²) < 4.78 is 28.6. The SMILES string of the molecule is CC(C)NCc1ccc(OCCS(=O)(=O)C(C)(C)C)cn1. The van der Waals surface area contributed by atoms with Crippen LogP contribution in [0.2, 0.25) is 0 Å². The first kappa shape index (κ1) is 17.9. The summed E-state index contributed by atoms with van der Waals surface area (Å²) in [6.45, 7) is 10.1. The van der Waals surface area contributed by atoms with E-state index in [0.717, 1.165) is 5.69 Å². The summed E-state index contributed by atoms with van der Waals surface area (Å²) >= 11 is 0. The quantitative estimate of drug-likeness (QED) is 0.835. The molecule has 0 spiro atoms. The predicted molar refractivity (Wildman–Crippen MR) is 85.2 cm³/mol. The number of aromatic nitrogens is 1. The molecule has 1 N–H and O–H groups in total. The number of nitrogens with one attached hydrogen (secondary N) is 1. The van der Waals surface area contributed by atoms with Crippen molar-refractivity contribution in [2.24, 2.45) is 0 Å². The van der Waals surface area contributed by atoms with Crippen LogP contribution in [0.15, 0.2) is 18.3 Å². The highest BCUT2D eigenvalue weighted by Gasteiger charge is 2.28. The zero-order chi connectivity index (χ0) is 16.1. The maximum atomic E-state index is 11.9. The highest BCUT2D eigenvalue weighted by molar-refractivity contribution is 7.92. The summed E-state index contributed by atoms with van der Waals surface area (Å²) in [6, 6.07) is 4.10. The maximum absolute atomic E-state index is 11.9. The van der Waals surface area contributed by atoms with Gasteiger partial charge in [0.15, 0.2) is 9.84 Å². The fourth-order valence-corrected chi connectivity index (χ4v) is 2.40. The van der Waals surface area contributed by atoms with Gasteiger partial charge in [-0.3, -0.25) is 4.98 Å². The van der Waals surface area contributed by atoms with E-state index in [0.29, 0.717) is 18.3 Å². The van der Waals surface area contributed by atoms with Crippen molar-refractivity contribution in [1.82, 2.24) is 10.3 Å². The van der Waals surface area contributed by atoms with Crippen LogP contribution in [0.3, 0.4) is 0 Å². The maximum Gasteiger partial charge on any atom is 0.158 e. The van der Waals surface area contributed by atoms with Crippen LogP contribution in [-0.2, 0) is 16.4 Å². The van der Waals surface area contributed by atoms with Crippen molar-refractivity contribution >= 4 is 9.84 Å². The van der Waals surface area contributed by atoms with Crippen LogP contribution >= 0.6 is 0 Å². The molecule has 0 amide bonds. The van der Waals surface area contributed by atoms with Crippen LogP contribution in [0.25, 0.3) is 0 Å². The third-order valence-corrected chi connectivity index (χ3v) is 5.61. The van der Waals surface area contributed by atoms with E-state index in [2.05, 4.69) is 24.1 Å². The summed E-state index contributed by atoms with van der Waals surface area (Å²) in [5, 5.41) is 3.28. The number of sulfone groups is 1. The number of pyridine rings is 1. The Morgan fingerprint density at radius 2 is 1.95 bits per heavy atom. The molecule has 0 fully saturated rings. The highest BCUT2D eigenvalue weighted by atomic mass is 32.2. The summed E-state index contributed by atoms with van der Waals surface area (Å²) in [6.07, 6.45) is 1.63. The van der Waals surface area contributed by atoms with E-state index in [9.17, 15) is 8.42 Å². The van der Waals surface area contributed by atoms with Crippen LogP contribution in [0.5, 0.6) is 5.75 Å². The molecule has 6 heteroatoms. The predicted octanol–water partition coefficient (Wildman–Crippen LogP) is 2.17. The Morgan fingerprint density at radius 3 is 2.43 bits per heavy atom. The summed E-state index contributed by atoms with van der Waals surface area (Å²) in [5.41, 5.74) is 0.929. The second kappa shape index (κ2) is 7.22. The van der Waals surface area contributed by atoms with E-state index in [1.54, 1.807) is 27.0 Å². The molecule has 1 heterocycles. The van der Waals surface area contributed by atoms with E-state index in [-0.39, 0.29) is 12.4 Å². The van der Waals surface area contributed by atoms with Gasteiger partial charge in [-0.05, 0) is 32.9 Å². The topological polar surface area (TPSA) is 68.3 Å². The van der Waals surface area contributed by atoms with Gasteiger partial charge < -0.3 is 10.1 Å². The molecule has 0 saturated heterocycles. The van der Waals surface area contributed by atoms with Gasteiger partial charge in [0.25, 0.3) is 0 Å². The molecule has 0 unspecified atom stereocenters. The van der Waals surface area contributed by atoms with Crippen LogP contribution in [0.4, 0.5) is 0 Å². The molecule has 0 aromatic carbocycles. The third-order valence-electron chi connectivity index (χ3n) is 3.04. The molecular formula is C15H26N2O3S. The Morgan fingerprint density at radius 1 is 1.29 bits per heavy atom. The zero-order valence-electron chi connectivity index (χ0n) is 13.5. The van der Waals surface area contributed by atoms with Crippen LogP contribution in [0.1, 0.15) is 40.3 Å². The molecule has 0 aliphatic heterocycles. The third kappa shape index (κ3) is 6.01. The molecule has 0 aliphatic rings. The first-order chi connectivity index (χ1) is 9.62. The largest absolute Gasteiger partial charge is 0.491 e. The monoisotopic (exact) mass is 314 g/mol. The molecule has 5 nitrogen and oxygen atoms in total. The normalized spacial score (nSPS) is 12.7. The van der Waals surface area contributed by atoms with Gasteiger partial charge in [0.1, 0.15) is 12.4 Å². The Bertz CT molecular complexity index is 531. The molecule has 21 heavy (non-hydrogen) atoms. The molecule has 1 rings (SSSR count). The summed E-state index contributed by atoms with van der Waals surface area (Å²) in [7, 11) is -3.15. The molecule has 1 aromatic heterocycles. The lowest BCUT2D eigenvalue weighted by molar-refractivity contribution is 0.338. The first-order valence-electron chi connectivity index (χ1n) is 7.15. The Balaban J connectivity index is 2.47. The average Bonchev–Trinajstić information content (AvgIpc) is 2.36. The minimum Gasteiger partial charge on any atom is -0.491 e. The van der Waals surface area contributed by atoms with E-state index in [1.165, 1.54) is 0 Å². The van der Waals surface area contributed by atoms with Crippen molar-refractivity contribution in [3.05, 3.63) is 24.0 Å². The molecule has 0 radical (unpaired) electrons. The smallest absolute Gasteiger partial charge is 0.158 e. The lowest BCUT2D eigenvalue weighted by atomic mass is 10.3. The Hall–Kier alpha value is -1.14. The van der Waals surface area contributed by atoms with Crippen molar-refractivity contribution < 1.29 is 13.2 Å². The second-order valence-corrected chi connectivity index (χ2v) is 9.16. The molecule has 0 bridgehead atoms. The fourth-order valence-electron chi connectivity index (χ4n) is 1.48. The number of hydrogen-bond donors (Lipinski definition) is 1. The van der Waals surface area contributed by atoms with Crippen LogP contribution < -0.4 is 10.1 Å². The van der Waals surface area contributed by atoms with Crippen LogP contribution in [-0.4, -0.2) is 36.6 Å². The standard InChI is InChI=1S/C15H26N2O3S/c1-12(2)16-10-13-6-7-14(11-17-13)20-8-9-21(18,19)15(3,4)5/h6-7,11-12,16H,8-10H2,1-5H3. The summed E-state index contributed by atoms with van der Waals surface area (Å²) in [5.74, 6) is 0.597. The Labute approximate surface area is 128 Å². The summed E-state index contributed by atoms with van der Waals surface area (Å²) in [4.78, 5) is 4.28. The van der Waals surface area contributed by atoms with Gasteiger partial charge in [-0.1, -0.05) is 13.8 Å². The lowest BCUT2D eigenvalue weighted by Crippen LogP contribution is -2.32. The van der Waals surface area contributed by atoms with Gasteiger partial charge in [-0.15, -0.1) is 0 Å². The van der Waals surface area contributed by atoms with Gasteiger partial charge in [-0.25, -0.2) is 8.42 Å². The van der Waals surface area contributed by atoms with Gasteiger partial charge in [0.2, 0.25) is 0 Å². The minimum absolute atomic E-state index is 0.00710. The van der Waals surface area contributed by atoms with E-state index >= 15 is 0 Å². The van der Waals surface area contributed by atoms with Crippen molar-refractivity contribution in [2.45, 2.75) is 52.0 Å². The van der Waals surface area contributed by atoms with Gasteiger partial charge in [-0.2, -0.15) is 0 Å². The molecule has 1 aromatic rings. The van der Waals surface area contributed by atoms with Gasteiger partial charge in [0, 0.05) is 12.6 Å². The van der Waals surface area contributed by atoms with Gasteiger partial charge in [0.05, 0.1) is 22.4 Å². The number of hydrogen-bond acceptors (Lipinski definition) is 5. The second-order valence-electron chi connectivity index (χ2n) is 6.30. The van der Waals surface area contributed by atoms with Gasteiger partial charge >= 0.3 is 0 Å². The highest BCUT2D eigenvalue weighted by Crippen LogP contribution is 2.16. The van der Waals surface area contributed by atoms with Crippen molar-refractivity contribution in [3.8, 4) is 5.75 Å². The fraction of sp³-hybridized carbons (Fsp3) is 0.667. The number of ether oxygens (including phenoxy) is 1. The lowest BCUT2D eigenvalue weighted by Gasteiger charge is -2.19. The van der Waals surface area contributed by atoms with E-state index < -0.39 is 14.6 Å².